The Hall–Kier alpha value is 0. The Labute approximate surface area is 77.7 Å². The molecule has 1 rings (SSSR count). The minimum atomic E-state index is 0.681. The molecule has 72 valence electrons. The summed E-state index contributed by atoms with van der Waals surface area (Å²) in [7, 11) is 0. The summed E-state index contributed by atoms with van der Waals surface area (Å²) in [6.45, 7) is 9.58. The summed E-state index contributed by atoms with van der Waals surface area (Å²) < 4.78 is 0. The predicted octanol–water partition coefficient (Wildman–Crippen LogP) is 4.25. The second-order valence-corrected chi connectivity index (χ2v) is 5.59. The summed E-state index contributed by atoms with van der Waals surface area (Å²) in [6, 6.07) is 0. The fourth-order valence-corrected chi connectivity index (χ4v) is 2.65. The third-order valence-electron chi connectivity index (χ3n) is 3.38. The lowest BCUT2D eigenvalue weighted by Gasteiger charge is -2.37. The van der Waals surface area contributed by atoms with Crippen LogP contribution in [0.5, 0.6) is 0 Å². The van der Waals surface area contributed by atoms with Crippen LogP contribution in [0.3, 0.4) is 0 Å². The van der Waals surface area contributed by atoms with Crippen LogP contribution in [0.1, 0.15) is 59.8 Å². The third kappa shape index (κ3) is 2.80. The van der Waals surface area contributed by atoms with Gasteiger partial charge in [-0.05, 0) is 36.5 Å². The van der Waals surface area contributed by atoms with Gasteiger partial charge in [0.05, 0.1) is 0 Å². The quantitative estimate of drug-likeness (QED) is 0.578. The lowest BCUT2D eigenvalue weighted by molar-refractivity contribution is 0.145. The molecule has 0 bridgehead atoms. The highest BCUT2D eigenvalue weighted by molar-refractivity contribution is 4.81. The summed E-state index contributed by atoms with van der Waals surface area (Å²) in [5.74, 6) is 1.87. The topological polar surface area (TPSA) is 0 Å². The van der Waals surface area contributed by atoms with Gasteiger partial charge in [-0.2, -0.15) is 0 Å². The van der Waals surface area contributed by atoms with Crippen molar-refractivity contribution in [1.82, 2.24) is 0 Å². The molecule has 0 heteroatoms. The summed E-state index contributed by atoms with van der Waals surface area (Å²) in [5.41, 5.74) is 0.681. The lowest BCUT2D eigenvalue weighted by Crippen LogP contribution is -2.25. The van der Waals surface area contributed by atoms with Gasteiger partial charge in [-0.15, -0.1) is 0 Å². The van der Waals surface area contributed by atoms with Crippen molar-refractivity contribution in [3.05, 3.63) is 0 Å². The average molecular weight is 168 g/mol. The first kappa shape index (κ1) is 10.1. The van der Waals surface area contributed by atoms with Crippen molar-refractivity contribution in [3.63, 3.8) is 0 Å². The molecule has 1 fully saturated rings. The first-order valence-electron chi connectivity index (χ1n) is 5.52. The van der Waals surface area contributed by atoms with Crippen molar-refractivity contribution < 1.29 is 0 Å². The highest BCUT2D eigenvalue weighted by Gasteiger charge is 2.29. The molecule has 0 aromatic rings. The maximum Gasteiger partial charge on any atom is -0.0323 e. The van der Waals surface area contributed by atoms with Gasteiger partial charge in [0, 0.05) is 0 Å². The molecular weight excluding hydrogens is 144 g/mol. The third-order valence-corrected chi connectivity index (χ3v) is 3.38. The largest absolute Gasteiger partial charge is 0.0628 e. The van der Waals surface area contributed by atoms with Gasteiger partial charge in [-0.25, -0.2) is 0 Å². The minimum absolute atomic E-state index is 0.681. The maximum atomic E-state index is 2.48. The first-order valence-corrected chi connectivity index (χ1v) is 5.52. The molecule has 0 unspecified atom stereocenters. The Kier molecular flexibility index (Phi) is 3.20. The van der Waals surface area contributed by atoms with Crippen LogP contribution in [0.25, 0.3) is 0 Å². The van der Waals surface area contributed by atoms with Crippen LogP contribution in [0.4, 0.5) is 0 Å². The Bertz CT molecular complexity index is 127. The van der Waals surface area contributed by atoms with E-state index in [0.29, 0.717) is 5.41 Å². The highest BCUT2D eigenvalue weighted by Crippen LogP contribution is 2.42. The first-order chi connectivity index (χ1) is 5.52. The molecule has 0 saturated heterocycles. The van der Waals surface area contributed by atoms with Gasteiger partial charge in [0.1, 0.15) is 0 Å². The van der Waals surface area contributed by atoms with Crippen molar-refractivity contribution in [1.29, 1.82) is 0 Å². The standard InChI is InChI=1S/C12H24/c1-10(2)9-12(4)7-5-11(3)6-8-12/h10-11H,5-9H2,1-4H3. The molecule has 12 heavy (non-hydrogen) atoms. The molecule has 0 amide bonds. The monoisotopic (exact) mass is 168 g/mol. The number of hydrogen-bond donors (Lipinski definition) is 0. The van der Waals surface area contributed by atoms with Crippen LogP contribution in [0, 0.1) is 17.3 Å². The summed E-state index contributed by atoms with van der Waals surface area (Å²) in [5, 5.41) is 0. The van der Waals surface area contributed by atoms with Crippen LogP contribution in [0.2, 0.25) is 0 Å². The molecule has 0 N–H and O–H groups in total. The van der Waals surface area contributed by atoms with Crippen LogP contribution < -0.4 is 0 Å². The molecule has 0 aromatic carbocycles. The second-order valence-electron chi connectivity index (χ2n) is 5.59. The smallest absolute Gasteiger partial charge is 0.0323 e. The SMILES string of the molecule is CC(C)CC1(C)CCC(C)CC1. The van der Waals surface area contributed by atoms with Gasteiger partial charge in [0.2, 0.25) is 0 Å². The van der Waals surface area contributed by atoms with Crippen molar-refractivity contribution in [3.8, 4) is 0 Å². The van der Waals surface area contributed by atoms with E-state index >= 15 is 0 Å². The molecule has 0 atom stereocenters. The fraction of sp³-hybridized carbons (Fsp3) is 1.00. The van der Waals surface area contributed by atoms with Gasteiger partial charge in [-0.1, -0.05) is 40.5 Å². The van der Waals surface area contributed by atoms with E-state index in [9.17, 15) is 0 Å². The maximum absolute atomic E-state index is 2.48. The van der Waals surface area contributed by atoms with E-state index in [0.717, 1.165) is 11.8 Å². The molecule has 0 nitrogen and oxygen atoms in total. The van der Waals surface area contributed by atoms with Crippen LogP contribution in [0.15, 0.2) is 0 Å². The second kappa shape index (κ2) is 3.81. The normalized spacial score (nSPS) is 37.2. The molecule has 1 aliphatic rings. The molecule has 0 aliphatic heterocycles. The Morgan fingerprint density at radius 1 is 1.25 bits per heavy atom. The van der Waals surface area contributed by atoms with E-state index in [4.69, 9.17) is 0 Å². The van der Waals surface area contributed by atoms with E-state index in [-0.39, 0.29) is 0 Å². The van der Waals surface area contributed by atoms with Gasteiger partial charge in [0.15, 0.2) is 0 Å². The molecule has 0 aromatic heterocycles. The van der Waals surface area contributed by atoms with Gasteiger partial charge in [-0.3, -0.25) is 0 Å². The molecule has 1 saturated carbocycles. The van der Waals surface area contributed by atoms with Crippen LogP contribution >= 0.6 is 0 Å². The zero-order valence-corrected chi connectivity index (χ0v) is 9.19. The van der Waals surface area contributed by atoms with Crippen LogP contribution in [-0.2, 0) is 0 Å². The average Bonchev–Trinajstić information content (AvgIpc) is 1.94. The van der Waals surface area contributed by atoms with E-state index < -0.39 is 0 Å². The fourth-order valence-electron chi connectivity index (χ4n) is 2.65. The molecule has 1 aliphatic carbocycles. The van der Waals surface area contributed by atoms with E-state index in [2.05, 4.69) is 27.7 Å². The van der Waals surface area contributed by atoms with Crippen molar-refractivity contribution in [2.75, 3.05) is 0 Å². The predicted molar refractivity (Wildman–Crippen MR) is 55.2 cm³/mol. The van der Waals surface area contributed by atoms with Gasteiger partial charge in [0.25, 0.3) is 0 Å². The number of rotatable bonds is 2. The van der Waals surface area contributed by atoms with E-state index in [1.807, 2.05) is 0 Å². The summed E-state index contributed by atoms with van der Waals surface area (Å²) in [4.78, 5) is 0. The van der Waals surface area contributed by atoms with Crippen LogP contribution in [-0.4, -0.2) is 0 Å². The summed E-state index contributed by atoms with van der Waals surface area (Å²) in [6.07, 6.45) is 7.28. The van der Waals surface area contributed by atoms with Crippen molar-refractivity contribution in [2.24, 2.45) is 17.3 Å². The van der Waals surface area contributed by atoms with Gasteiger partial charge >= 0.3 is 0 Å². The zero-order chi connectivity index (χ0) is 9.19. The Morgan fingerprint density at radius 3 is 2.17 bits per heavy atom. The molecule has 0 radical (unpaired) electrons. The Morgan fingerprint density at radius 2 is 1.75 bits per heavy atom. The molecule has 0 spiro atoms. The summed E-state index contributed by atoms with van der Waals surface area (Å²) >= 11 is 0. The highest BCUT2D eigenvalue weighted by atomic mass is 14.3. The van der Waals surface area contributed by atoms with E-state index in [1.54, 1.807) is 0 Å². The van der Waals surface area contributed by atoms with E-state index in [1.165, 1.54) is 32.1 Å². The van der Waals surface area contributed by atoms with Crippen molar-refractivity contribution in [2.45, 2.75) is 59.8 Å². The molecular formula is C12H24. The Balaban J connectivity index is 2.39. The van der Waals surface area contributed by atoms with Gasteiger partial charge < -0.3 is 0 Å². The molecule has 0 heterocycles. The lowest BCUT2D eigenvalue weighted by atomic mass is 9.68. The van der Waals surface area contributed by atoms with Crippen molar-refractivity contribution >= 4 is 0 Å². The number of hydrogen-bond acceptors (Lipinski definition) is 0. The minimum Gasteiger partial charge on any atom is -0.0628 e. The zero-order valence-electron chi connectivity index (χ0n) is 9.19.